The molecular formula is C16H24N4. The first kappa shape index (κ1) is 13.4. The van der Waals surface area contributed by atoms with Crippen molar-refractivity contribution in [3.63, 3.8) is 0 Å². The average Bonchev–Trinajstić information content (AvgIpc) is 3.03. The maximum atomic E-state index is 4.26. The van der Waals surface area contributed by atoms with E-state index in [1.165, 1.54) is 18.4 Å². The summed E-state index contributed by atoms with van der Waals surface area (Å²) in [5.41, 5.74) is 1.44. The fraction of sp³-hybridized carbons (Fsp3) is 0.562. The van der Waals surface area contributed by atoms with E-state index in [1.54, 1.807) is 0 Å². The summed E-state index contributed by atoms with van der Waals surface area (Å²) < 4.78 is 4.49. The molecule has 1 aliphatic carbocycles. The molecule has 1 fully saturated rings. The van der Waals surface area contributed by atoms with E-state index in [-0.39, 0.29) is 0 Å². The molecule has 4 nitrogen and oxygen atoms in total. The molecule has 1 atom stereocenters. The van der Waals surface area contributed by atoms with Crippen molar-refractivity contribution in [1.82, 2.24) is 19.4 Å². The Morgan fingerprint density at radius 2 is 2.20 bits per heavy atom. The number of nitrogens with one attached hydrogen (secondary N) is 1. The quantitative estimate of drug-likeness (QED) is 0.841. The maximum Gasteiger partial charge on any atom is 0.105 e. The van der Waals surface area contributed by atoms with Gasteiger partial charge in [0, 0.05) is 43.9 Å². The van der Waals surface area contributed by atoms with Crippen molar-refractivity contribution in [2.75, 3.05) is 6.54 Å². The Morgan fingerprint density at radius 3 is 2.85 bits per heavy atom. The smallest absolute Gasteiger partial charge is 0.105 e. The van der Waals surface area contributed by atoms with Crippen LogP contribution in [0.5, 0.6) is 0 Å². The number of aromatic nitrogens is 3. The largest absolute Gasteiger partial charge is 0.352 e. The van der Waals surface area contributed by atoms with Crippen LogP contribution in [0.4, 0.5) is 0 Å². The van der Waals surface area contributed by atoms with Crippen molar-refractivity contribution in [3.05, 3.63) is 42.2 Å². The molecule has 4 heteroatoms. The lowest BCUT2D eigenvalue weighted by molar-refractivity contribution is 0.493. The van der Waals surface area contributed by atoms with Crippen LogP contribution in [0, 0.1) is 12.8 Å². The standard InChI is InChI=1S/C16H24N4/c1-3-17-16(14-4-5-14)15-6-8-19(12-15)10-11-20-9-7-18-13(20)2/h6-9,12,14,16-17H,3-5,10-11H2,1-2H3. The summed E-state index contributed by atoms with van der Waals surface area (Å²) in [5, 5.41) is 3.62. The summed E-state index contributed by atoms with van der Waals surface area (Å²) in [4.78, 5) is 4.26. The van der Waals surface area contributed by atoms with Crippen LogP contribution in [-0.2, 0) is 13.1 Å². The summed E-state index contributed by atoms with van der Waals surface area (Å²) in [6.45, 7) is 7.26. The van der Waals surface area contributed by atoms with Crippen LogP contribution in [0.2, 0.25) is 0 Å². The fourth-order valence-electron chi connectivity index (χ4n) is 2.85. The normalized spacial score (nSPS) is 16.5. The molecule has 0 bridgehead atoms. The van der Waals surface area contributed by atoms with Gasteiger partial charge in [-0.1, -0.05) is 6.92 Å². The van der Waals surface area contributed by atoms with E-state index in [0.717, 1.165) is 31.4 Å². The molecule has 20 heavy (non-hydrogen) atoms. The Labute approximate surface area is 120 Å². The highest BCUT2D eigenvalue weighted by Gasteiger charge is 2.31. The lowest BCUT2D eigenvalue weighted by atomic mass is 10.1. The number of rotatable bonds is 7. The van der Waals surface area contributed by atoms with Gasteiger partial charge in [-0.15, -0.1) is 0 Å². The Kier molecular flexibility index (Phi) is 3.92. The van der Waals surface area contributed by atoms with Gasteiger partial charge in [0.15, 0.2) is 0 Å². The van der Waals surface area contributed by atoms with E-state index in [4.69, 9.17) is 0 Å². The molecule has 1 N–H and O–H groups in total. The lowest BCUT2D eigenvalue weighted by Crippen LogP contribution is -2.22. The van der Waals surface area contributed by atoms with E-state index in [9.17, 15) is 0 Å². The minimum atomic E-state index is 0.552. The molecule has 2 aromatic rings. The van der Waals surface area contributed by atoms with Gasteiger partial charge in [0.05, 0.1) is 0 Å². The Morgan fingerprint density at radius 1 is 1.35 bits per heavy atom. The molecule has 0 amide bonds. The first-order valence-corrected chi connectivity index (χ1v) is 7.64. The van der Waals surface area contributed by atoms with Gasteiger partial charge in [-0.05, 0) is 43.9 Å². The number of nitrogens with zero attached hydrogens (tertiary/aromatic N) is 3. The van der Waals surface area contributed by atoms with E-state index in [1.807, 2.05) is 12.4 Å². The minimum Gasteiger partial charge on any atom is -0.352 e. The van der Waals surface area contributed by atoms with Crippen LogP contribution in [0.1, 0.15) is 37.2 Å². The van der Waals surface area contributed by atoms with Gasteiger partial charge >= 0.3 is 0 Å². The number of aryl methyl sites for hydroxylation is 3. The van der Waals surface area contributed by atoms with E-state index < -0.39 is 0 Å². The van der Waals surface area contributed by atoms with Crippen LogP contribution in [0.3, 0.4) is 0 Å². The number of imidazole rings is 1. The molecule has 1 saturated carbocycles. The van der Waals surface area contributed by atoms with Gasteiger partial charge in [0.25, 0.3) is 0 Å². The average molecular weight is 272 g/mol. The summed E-state index contributed by atoms with van der Waals surface area (Å²) in [6, 6.07) is 2.82. The van der Waals surface area contributed by atoms with Crippen LogP contribution >= 0.6 is 0 Å². The molecule has 2 aromatic heterocycles. The van der Waals surface area contributed by atoms with Crippen LogP contribution < -0.4 is 5.32 Å². The maximum absolute atomic E-state index is 4.26. The van der Waals surface area contributed by atoms with E-state index >= 15 is 0 Å². The van der Waals surface area contributed by atoms with Gasteiger partial charge in [-0.25, -0.2) is 4.98 Å². The zero-order chi connectivity index (χ0) is 13.9. The molecule has 1 aliphatic rings. The molecule has 0 radical (unpaired) electrons. The summed E-state index contributed by atoms with van der Waals surface area (Å²) in [7, 11) is 0. The van der Waals surface area contributed by atoms with Crippen molar-refractivity contribution in [2.24, 2.45) is 5.92 Å². The van der Waals surface area contributed by atoms with Crippen molar-refractivity contribution in [2.45, 2.75) is 45.8 Å². The predicted molar refractivity (Wildman–Crippen MR) is 80.5 cm³/mol. The lowest BCUT2D eigenvalue weighted by Gasteiger charge is -2.15. The van der Waals surface area contributed by atoms with E-state index in [0.29, 0.717) is 6.04 Å². The topological polar surface area (TPSA) is 34.8 Å². The van der Waals surface area contributed by atoms with Gasteiger partial charge in [0.1, 0.15) is 5.82 Å². The molecule has 0 aliphatic heterocycles. The second-order valence-electron chi connectivity index (χ2n) is 5.72. The number of hydrogen-bond donors (Lipinski definition) is 1. The molecule has 2 heterocycles. The first-order chi connectivity index (χ1) is 9.78. The Hall–Kier alpha value is -1.55. The molecule has 0 aromatic carbocycles. The zero-order valence-corrected chi connectivity index (χ0v) is 12.4. The van der Waals surface area contributed by atoms with Crippen LogP contribution in [-0.4, -0.2) is 20.7 Å². The Balaban J connectivity index is 1.62. The monoisotopic (exact) mass is 272 g/mol. The molecule has 1 unspecified atom stereocenters. The zero-order valence-electron chi connectivity index (χ0n) is 12.4. The van der Waals surface area contributed by atoms with Crippen molar-refractivity contribution in [3.8, 4) is 0 Å². The van der Waals surface area contributed by atoms with Crippen molar-refractivity contribution >= 4 is 0 Å². The van der Waals surface area contributed by atoms with Gasteiger partial charge in [0.2, 0.25) is 0 Å². The first-order valence-electron chi connectivity index (χ1n) is 7.64. The van der Waals surface area contributed by atoms with Gasteiger partial charge < -0.3 is 14.5 Å². The fourth-order valence-corrected chi connectivity index (χ4v) is 2.85. The minimum absolute atomic E-state index is 0.552. The third kappa shape index (κ3) is 2.96. The molecule has 3 rings (SSSR count). The van der Waals surface area contributed by atoms with Crippen LogP contribution in [0.25, 0.3) is 0 Å². The molecule has 108 valence electrons. The van der Waals surface area contributed by atoms with Gasteiger partial charge in [-0.3, -0.25) is 0 Å². The molecule has 0 spiro atoms. The van der Waals surface area contributed by atoms with Gasteiger partial charge in [-0.2, -0.15) is 0 Å². The highest BCUT2D eigenvalue weighted by atomic mass is 15.1. The summed E-state index contributed by atoms with van der Waals surface area (Å²) in [6.07, 6.45) is 11.2. The highest BCUT2D eigenvalue weighted by molar-refractivity contribution is 5.18. The Bertz CT molecular complexity index is 550. The van der Waals surface area contributed by atoms with Crippen molar-refractivity contribution < 1.29 is 0 Å². The third-order valence-electron chi connectivity index (χ3n) is 4.17. The predicted octanol–water partition coefficient (Wildman–Crippen LogP) is 2.75. The second-order valence-corrected chi connectivity index (χ2v) is 5.72. The number of hydrogen-bond acceptors (Lipinski definition) is 2. The summed E-state index contributed by atoms with van der Waals surface area (Å²) >= 11 is 0. The van der Waals surface area contributed by atoms with Crippen molar-refractivity contribution in [1.29, 1.82) is 0 Å². The SMILES string of the molecule is CCNC(c1ccn(CCn2ccnc2C)c1)C1CC1. The third-order valence-corrected chi connectivity index (χ3v) is 4.17. The summed E-state index contributed by atoms with van der Waals surface area (Å²) in [5.74, 6) is 1.93. The molecular weight excluding hydrogens is 248 g/mol. The highest BCUT2D eigenvalue weighted by Crippen LogP contribution is 2.40. The second kappa shape index (κ2) is 5.83. The molecule has 0 saturated heterocycles. The van der Waals surface area contributed by atoms with Crippen LogP contribution in [0.15, 0.2) is 30.9 Å². The van der Waals surface area contributed by atoms with E-state index in [2.05, 4.69) is 51.7 Å².